The number of hydrogen-bond donors (Lipinski definition) is 1. The lowest BCUT2D eigenvalue weighted by Gasteiger charge is -2.05. The van der Waals surface area contributed by atoms with Crippen LogP contribution in [-0.2, 0) is 16.3 Å². The third kappa shape index (κ3) is 3.89. The molecule has 1 aromatic rings. The van der Waals surface area contributed by atoms with Gasteiger partial charge in [0, 0.05) is 23.4 Å². The Morgan fingerprint density at radius 2 is 2.27 bits per heavy atom. The summed E-state index contributed by atoms with van der Waals surface area (Å²) in [5, 5.41) is 0. The Balaban J connectivity index is 2.62. The predicted octanol–water partition coefficient (Wildman–Crippen LogP) is 1.22. The van der Waals surface area contributed by atoms with Crippen molar-refractivity contribution in [2.24, 2.45) is 5.73 Å². The number of sulfone groups is 1. The molecule has 0 aliphatic rings. The zero-order chi connectivity index (χ0) is 11.5. The molecule has 0 bridgehead atoms. The summed E-state index contributed by atoms with van der Waals surface area (Å²) in [6, 6.07) is 0.189. The molecule has 0 spiro atoms. The van der Waals surface area contributed by atoms with Crippen LogP contribution in [0.4, 0.5) is 0 Å². The van der Waals surface area contributed by atoms with Gasteiger partial charge in [0.05, 0.1) is 0 Å². The molecule has 86 valence electrons. The molecule has 1 aromatic heterocycles. The van der Waals surface area contributed by atoms with Gasteiger partial charge in [-0.1, -0.05) is 6.92 Å². The first-order valence-electron chi connectivity index (χ1n) is 4.83. The Bertz CT molecular complexity index is 412. The third-order valence-corrected chi connectivity index (χ3v) is 4.89. The molecule has 6 heteroatoms. The van der Waals surface area contributed by atoms with Crippen LogP contribution in [0.3, 0.4) is 0 Å². The molecule has 0 aliphatic carbocycles. The summed E-state index contributed by atoms with van der Waals surface area (Å²) < 4.78 is 22.5. The van der Waals surface area contributed by atoms with Crippen LogP contribution in [0.25, 0.3) is 0 Å². The van der Waals surface area contributed by atoms with Gasteiger partial charge in [-0.3, -0.25) is 0 Å². The van der Waals surface area contributed by atoms with Crippen LogP contribution in [0, 0.1) is 0 Å². The topological polar surface area (TPSA) is 73.0 Å². The normalized spacial score (nSPS) is 14.1. The number of nitrogens with zero attached hydrogens (tertiary/aromatic N) is 1. The van der Waals surface area contributed by atoms with Crippen molar-refractivity contribution in [1.82, 2.24) is 4.98 Å². The van der Waals surface area contributed by atoms with Crippen molar-refractivity contribution >= 4 is 21.2 Å². The van der Waals surface area contributed by atoms with Gasteiger partial charge in [0.25, 0.3) is 0 Å². The maximum absolute atomic E-state index is 11.2. The fourth-order valence-electron chi connectivity index (χ4n) is 1.11. The number of aryl methyl sites for hydroxylation is 1. The van der Waals surface area contributed by atoms with Crippen molar-refractivity contribution in [1.29, 1.82) is 0 Å². The lowest BCUT2D eigenvalue weighted by molar-refractivity contribution is 0.598. The zero-order valence-electron chi connectivity index (χ0n) is 8.93. The molecule has 4 nitrogen and oxygen atoms in total. The van der Waals surface area contributed by atoms with Crippen molar-refractivity contribution < 1.29 is 8.42 Å². The van der Waals surface area contributed by atoms with Gasteiger partial charge in [-0.25, -0.2) is 13.4 Å². The van der Waals surface area contributed by atoms with Gasteiger partial charge >= 0.3 is 0 Å². The molecule has 15 heavy (non-hydrogen) atoms. The summed E-state index contributed by atoms with van der Waals surface area (Å²) in [7, 11) is -3.15. The molecule has 0 amide bonds. The predicted molar refractivity (Wildman–Crippen MR) is 61.8 cm³/mol. The van der Waals surface area contributed by atoms with E-state index in [-0.39, 0.29) is 10.4 Å². The number of hydrogen-bond acceptors (Lipinski definition) is 5. The average Bonchev–Trinajstić information content (AvgIpc) is 2.61. The first kappa shape index (κ1) is 12.6. The second kappa shape index (κ2) is 5.05. The number of aromatic nitrogens is 1. The van der Waals surface area contributed by atoms with Crippen LogP contribution < -0.4 is 5.73 Å². The van der Waals surface area contributed by atoms with E-state index in [1.807, 2.05) is 6.92 Å². The van der Waals surface area contributed by atoms with Crippen molar-refractivity contribution in [3.05, 3.63) is 11.1 Å². The van der Waals surface area contributed by atoms with E-state index in [4.69, 9.17) is 5.73 Å². The van der Waals surface area contributed by atoms with E-state index >= 15 is 0 Å². The van der Waals surface area contributed by atoms with Gasteiger partial charge in [-0.05, 0) is 19.3 Å². The molecule has 1 unspecified atom stereocenters. The van der Waals surface area contributed by atoms with Gasteiger partial charge < -0.3 is 5.73 Å². The Hall–Kier alpha value is -0.460. The highest BCUT2D eigenvalue weighted by atomic mass is 32.2. The molecule has 2 N–H and O–H groups in total. The van der Waals surface area contributed by atoms with E-state index in [1.165, 1.54) is 17.6 Å². The van der Waals surface area contributed by atoms with Gasteiger partial charge in [0.1, 0.15) is 0 Å². The van der Waals surface area contributed by atoms with Crippen LogP contribution in [0.2, 0.25) is 0 Å². The third-order valence-electron chi connectivity index (χ3n) is 2.14. The van der Waals surface area contributed by atoms with Crippen molar-refractivity contribution in [3.8, 4) is 0 Å². The van der Waals surface area contributed by atoms with Crippen LogP contribution in [-0.4, -0.2) is 25.7 Å². The van der Waals surface area contributed by atoms with Gasteiger partial charge in [-0.2, -0.15) is 0 Å². The highest BCUT2D eigenvalue weighted by Gasteiger charge is 2.12. The van der Waals surface area contributed by atoms with E-state index in [0.717, 1.165) is 24.1 Å². The van der Waals surface area contributed by atoms with Crippen LogP contribution in [0.1, 0.15) is 24.6 Å². The van der Waals surface area contributed by atoms with Crippen molar-refractivity contribution in [3.63, 3.8) is 0 Å². The molecule has 1 atom stereocenters. The standard InChI is InChI=1S/C9H16N2O2S2/c1-3-7(10)4-5-8-6-11-9(14-8)15(2,12)13/h6-7H,3-5,10H2,1-2H3. The summed E-state index contributed by atoms with van der Waals surface area (Å²) in [5.74, 6) is 0. The van der Waals surface area contributed by atoms with E-state index in [2.05, 4.69) is 4.98 Å². The summed E-state index contributed by atoms with van der Waals surface area (Å²) in [6.07, 6.45) is 5.43. The molecule has 1 rings (SSSR count). The van der Waals surface area contributed by atoms with Crippen molar-refractivity contribution in [2.75, 3.05) is 6.26 Å². The lowest BCUT2D eigenvalue weighted by Crippen LogP contribution is -2.18. The highest BCUT2D eigenvalue weighted by Crippen LogP contribution is 2.19. The maximum Gasteiger partial charge on any atom is 0.209 e. The Labute approximate surface area is 94.4 Å². The summed E-state index contributed by atoms with van der Waals surface area (Å²) in [4.78, 5) is 4.87. The lowest BCUT2D eigenvalue weighted by atomic mass is 10.1. The zero-order valence-corrected chi connectivity index (χ0v) is 10.6. The number of nitrogens with two attached hydrogens (primary N) is 1. The number of rotatable bonds is 5. The molecule has 0 aromatic carbocycles. The Morgan fingerprint density at radius 1 is 1.60 bits per heavy atom. The minimum absolute atomic E-state index is 0.189. The SMILES string of the molecule is CCC(N)CCc1cnc(S(C)(=O)=O)s1. The van der Waals surface area contributed by atoms with E-state index < -0.39 is 9.84 Å². The smallest absolute Gasteiger partial charge is 0.209 e. The Kier molecular flexibility index (Phi) is 4.24. The minimum atomic E-state index is -3.15. The summed E-state index contributed by atoms with van der Waals surface area (Å²) in [5.41, 5.74) is 5.78. The van der Waals surface area contributed by atoms with Gasteiger partial charge in [-0.15, -0.1) is 11.3 Å². The first-order valence-corrected chi connectivity index (χ1v) is 7.54. The van der Waals surface area contributed by atoms with Crippen LogP contribution in [0.5, 0.6) is 0 Å². The molecule has 1 heterocycles. The first-order chi connectivity index (χ1) is 6.93. The largest absolute Gasteiger partial charge is 0.328 e. The quantitative estimate of drug-likeness (QED) is 0.850. The molecular formula is C9H16N2O2S2. The van der Waals surface area contributed by atoms with Gasteiger partial charge in [0.15, 0.2) is 0 Å². The molecule has 0 saturated heterocycles. The van der Waals surface area contributed by atoms with Crippen LogP contribution >= 0.6 is 11.3 Å². The van der Waals surface area contributed by atoms with Gasteiger partial charge in [0.2, 0.25) is 14.2 Å². The summed E-state index contributed by atoms with van der Waals surface area (Å²) >= 11 is 1.24. The highest BCUT2D eigenvalue weighted by molar-refractivity contribution is 7.92. The second-order valence-corrected chi connectivity index (χ2v) is 6.88. The summed E-state index contributed by atoms with van der Waals surface area (Å²) in [6.45, 7) is 2.04. The molecular weight excluding hydrogens is 232 g/mol. The molecule has 0 saturated carbocycles. The van der Waals surface area contributed by atoms with Crippen molar-refractivity contribution in [2.45, 2.75) is 36.6 Å². The second-order valence-electron chi connectivity index (χ2n) is 3.57. The maximum atomic E-state index is 11.2. The average molecular weight is 248 g/mol. The molecule has 0 radical (unpaired) electrons. The minimum Gasteiger partial charge on any atom is -0.328 e. The monoisotopic (exact) mass is 248 g/mol. The fraction of sp³-hybridized carbons (Fsp3) is 0.667. The van der Waals surface area contributed by atoms with E-state index in [1.54, 1.807) is 6.20 Å². The molecule has 0 aliphatic heterocycles. The molecule has 0 fully saturated rings. The van der Waals surface area contributed by atoms with Crippen LogP contribution in [0.15, 0.2) is 10.5 Å². The fourth-order valence-corrected chi connectivity index (χ4v) is 2.93. The Morgan fingerprint density at radius 3 is 2.73 bits per heavy atom. The number of thiazole rings is 1. The van der Waals surface area contributed by atoms with E-state index in [0.29, 0.717) is 0 Å². The van der Waals surface area contributed by atoms with E-state index in [9.17, 15) is 8.42 Å².